The van der Waals surface area contributed by atoms with Gasteiger partial charge in [0.1, 0.15) is 0 Å². The molecule has 1 rings (SSSR count). The minimum atomic E-state index is -0.529. The van der Waals surface area contributed by atoms with Gasteiger partial charge in [0.05, 0.1) is 4.92 Å². The summed E-state index contributed by atoms with van der Waals surface area (Å²) in [4.78, 5) is 32.0. The zero-order valence-electron chi connectivity index (χ0n) is 9.80. The number of benzene rings is 1. The molecule has 0 atom stereocenters. The molecule has 18 heavy (non-hydrogen) atoms. The first-order valence-corrected chi connectivity index (χ1v) is 5.28. The maximum absolute atomic E-state index is 11.6. The van der Waals surface area contributed by atoms with Crippen molar-refractivity contribution in [1.29, 1.82) is 0 Å². The quantitative estimate of drug-likeness (QED) is 0.451. The van der Waals surface area contributed by atoms with Crippen molar-refractivity contribution in [3.63, 3.8) is 0 Å². The van der Waals surface area contributed by atoms with Gasteiger partial charge in [-0.3, -0.25) is 19.7 Å². The van der Waals surface area contributed by atoms with Crippen molar-refractivity contribution in [2.75, 3.05) is 13.1 Å². The van der Waals surface area contributed by atoms with Crippen molar-refractivity contribution >= 4 is 17.5 Å². The summed E-state index contributed by atoms with van der Waals surface area (Å²) in [6, 6.07) is 5.29. The Bertz CT molecular complexity index is 456. The first-order valence-electron chi connectivity index (χ1n) is 5.28. The van der Waals surface area contributed by atoms with Gasteiger partial charge in [-0.05, 0) is 12.1 Å². The minimum Gasteiger partial charge on any atom is -0.355 e. The highest BCUT2D eigenvalue weighted by molar-refractivity contribution is 5.94. The lowest BCUT2D eigenvalue weighted by Gasteiger charge is -2.05. The van der Waals surface area contributed by atoms with Gasteiger partial charge < -0.3 is 10.6 Å². The van der Waals surface area contributed by atoms with Gasteiger partial charge in [-0.1, -0.05) is 0 Å². The molecule has 0 aliphatic heterocycles. The molecule has 0 fully saturated rings. The number of amides is 2. The normalized spacial score (nSPS) is 9.61. The third kappa shape index (κ3) is 4.20. The minimum absolute atomic E-state index is 0.0650. The van der Waals surface area contributed by atoms with Gasteiger partial charge >= 0.3 is 0 Å². The van der Waals surface area contributed by atoms with Gasteiger partial charge in [0, 0.05) is 37.7 Å². The second-order valence-corrected chi connectivity index (χ2v) is 3.54. The van der Waals surface area contributed by atoms with Crippen molar-refractivity contribution in [2.24, 2.45) is 0 Å². The predicted molar refractivity (Wildman–Crippen MR) is 64.1 cm³/mol. The zero-order valence-corrected chi connectivity index (χ0v) is 9.80. The van der Waals surface area contributed by atoms with Crippen molar-refractivity contribution < 1.29 is 14.5 Å². The van der Waals surface area contributed by atoms with Crippen LogP contribution in [0, 0.1) is 10.1 Å². The molecule has 7 nitrogen and oxygen atoms in total. The van der Waals surface area contributed by atoms with E-state index in [9.17, 15) is 19.7 Å². The molecule has 0 radical (unpaired) electrons. The Morgan fingerprint density at radius 1 is 1.17 bits per heavy atom. The van der Waals surface area contributed by atoms with E-state index in [1.54, 1.807) is 0 Å². The third-order valence-electron chi connectivity index (χ3n) is 2.12. The van der Waals surface area contributed by atoms with Gasteiger partial charge in [0.2, 0.25) is 5.91 Å². The van der Waals surface area contributed by atoms with E-state index in [4.69, 9.17) is 0 Å². The molecular weight excluding hydrogens is 238 g/mol. The summed E-state index contributed by atoms with van der Waals surface area (Å²) < 4.78 is 0. The molecule has 7 heteroatoms. The van der Waals surface area contributed by atoms with E-state index in [2.05, 4.69) is 10.6 Å². The molecule has 2 N–H and O–H groups in total. The number of hydrogen-bond donors (Lipinski definition) is 2. The van der Waals surface area contributed by atoms with E-state index in [0.717, 1.165) is 0 Å². The van der Waals surface area contributed by atoms with E-state index in [1.165, 1.54) is 31.2 Å². The molecule has 2 amide bonds. The summed E-state index contributed by atoms with van der Waals surface area (Å²) in [5.74, 6) is -0.505. The van der Waals surface area contributed by atoms with E-state index in [0.29, 0.717) is 18.7 Å². The fourth-order valence-electron chi connectivity index (χ4n) is 1.25. The Morgan fingerprint density at radius 3 is 2.22 bits per heavy atom. The standard InChI is InChI=1S/C11H13N3O4/c1-8(15)12-6-7-13-11(16)9-2-4-10(5-3-9)14(17)18/h2-5H,6-7H2,1H3,(H,12,15)(H,13,16). The van der Waals surface area contributed by atoms with Gasteiger partial charge in [-0.15, -0.1) is 0 Å². The molecule has 0 aliphatic carbocycles. The van der Waals surface area contributed by atoms with Crippen LogP contribution in [0.4, 0.5) is 5.69 Å². The highest BCUT2D eigenvalue weighted by Gasteiger charge is 2.08. The number of rotatable bonds is 5. The summed E-state index contributed by atoms with van der Waals surface area (Å²) in [6.07, 6.45) is 0. The molecule has 0 spiro atoms. The number of nitro groups is 1. The van der Waals surface area contributed by atoms with Crippen LogP contribution in [0.25, 0.3) is 0 Å². The molecule has 1 aromatic rings. The van der Waals surface area contributed by atoms with Crippen molar-refractivity contribution in [2.45, 2.75) is 6.92 Å². The fraction of sp³-hybridized carbons (Fsp3) is 0.273. The summed E-state index contributed by atoms with van der Waals surface area (Å²) >= 11 is 0. The van der Waals surface area contributed by atoms with Crippen LogP contribution in [0.15, 0.2) is 24.3 Å². The number of carbonyl (C=O) groups excluding carboxylic acids is 2. The highest BCUT2D eigenvalue weighted by Crippen LogP contribution is 2.11. The van der Waals surface area contributed by atoms with Gasteiger partial charge in [-0.25, -0.2) is 0 Å². The monoisotopic (exact) mass is 251 g/mol. The fourth-order valence-corrected chi connectivity index (χ4v) is 1.25. The Balaban J connectivity index is 2.46. The lowest BCUT2D eigenvalue weighted by molar-refractivity contribution is -0.384. The smallest absolute Gasteiger partial charge is 0.269 e. The van der Waals surface area contributed by atoms with Crippen LogP contribution in [-0.2, 0) is 4.79 Å². The number of hydrogen-bond acceptors (Lipinski definition) is 4. The first kappa shape index (κ1) is 13.6. The number of nitrogens with zero attached hydrogens (tertiary/aromatic N) is 1. The summed E-state index contributed by atoms with van der Waals surface area (Å²) in [6.45, 7) is 2.03. The number of nitro benzene ring substituents is 1. The number of carbonyl (C=O) groups is 2. The average Bonchev–Trinajstić information content (AvgIpc) is 2.34. The van der Waals surface area contributed by atoms with Crippen LogP contribution in [0.2, 0.25) is 0 Å². The second kappa shape index (κ2) is 6.33. The van der Waals surface area contributed by atoms with E-state index >= 15 is 0 Å². The van der Waals surface area contributed by atoms with E-state index in [1.807, 2.05) is 0 Å². The largest absolute Gasteiger partial charge is 0.355 e. The second-order valence-electron chi connectivity index (χ2n) is 3.54. The first-order chi connectivity index (χ1) is 8.50. The van der Waals surface area contributed by atoms with Crippen LogP contribution in [0.5, 0.6) is 0 Å². The Labute approximate surface area is 103 Å². The Morgan fingerprint density at radius 2 is 1.72 bits per heavy atom. The third-order valence-corrected chi connectivity index (χ3v) is 2.12. The van der Waals surface area contributed by atoms with Gasteiger partial charge in [-0.2, -0.15) is 0 Å². The van der Waals surface area contributed by atoms with Gasteiger partial charge in [0.25, 0.3) is 11.6 Å². The van der Waals surface area contributed by atoms with Crippen LogP contribution >= 0.6 is 0 Å². The van der Waals surface area contributed by atoms with E-state index in [-0.39, 0.29) is 17.5 Å². The Kier molecular flexibility index (Phi) is 4.79. The van der Waals surface area contributed by atoms with Crippen molar-refractivity contribution in [3.05, 3.63) is 39.9 Å². The van der Waals surface area contributed by atoms with E-state index < -0.39 is 4.92 Å². The maximum Gasteiger partial charge on any atom is 0.269 e. The SMILES string of the molecule is CC(=O)NCCNC(=O)c1ccc([N+](=O)[O-])cc1. The molecule has 0 saturated heterocycles. The summed E-state index contributed by atoms with van der Waals surface area (Å²) in [7, 11) is 0. The van der Waals surface area contributed by atoms with Crippen LogP contribution < -0.4 is 10.6 Å². The summed E-state index contributed by atoms with van der Waals surface area (Å²) in [5.41, 5.74) is 0.272. The summed E-state index contributed by atoms with van der Waals surface area (Å²) in [5, 5.41) is 15.5. The number of non-ortho nitro benzene ring substituents is 1. The topological polar surface area (TPSA) is 101 Å². The molecule has 96 valence electrons. The lowest BCUT2D eigenvalue weighted by Crippen LogP contribution is -2.33. The molecule has 0 aliphatic rings. The van der Waals surface area contributed by atoms with Crippen LogP contribution in [-0.4, -0.2) is 29.8 Å². The molecular formula is C11H13N3O4. The molecule has 0 aromatic heterocycles. The predicted octanol–water partition coefficient (Wildman–Crippen LogP) is 0.461. The van der Waals surface area contributed by atoms with Gasteiger partial charge in [0.15, 0.2) is 0 Å². The van der Waals surface area contributed by atoms with Crippen LogP contribution in [0.1, 0.15) is 17.3 Å². The van der Waals surface area contributed by atoms with Crippen molar-refractivity contribution in [3.8, 4) is 0 Å². The molecule has 0 bridgehead atoms. The average molecular weight is 251 g/mol. The Hall–Kier alpha value is -2.44. The molecule has 0 unspecified atom stereocenters. The maximum atomic E-state index is 11.6. The van der Waals surface area contributed by atoms with Crippen molar-refractivity contribution in [1.82, 2.24) is 10.6 Å². The number of nitrogens with one attached hydrogen (secondary N) is 2. The highest BCUT2D eigenvalue weighted by atomic mass is 16.6. The lowest BCUT2D eigenvalue weighted by atomic mass is 10.2. The molecule has 1 aromatic carbocycles. The molecule has 0 heterocycles. The zero-order chi connectivity index (χ0) is 13.5. The van der Waals surface area contributed by atoms with Crippen LogP contribution in [0.3, 0.4) is 0 Å². The molecule has 0 saturated carbocycles.